The van der Waals surface area contributed by atoms with Crippen molar-refractivity contribution >= 4 is 16.9 Å². The maximum atomic E-state index is 15.5. The van der Waals surface area contributed by atoms with Crippen LogP contribution in [-0.4, -0.2) is 46.0 Å². The largest absolute Gasteiger partial charge is 0.371 e. The Hall–Kier alpha value is -2.23. The maximum absolute atomic E-state index is 15.5. The highest BCUT2D eigenvalue weighted by Gasteiger charge is 2.49. The van der Waals surface area contributed by atoms with Crippen LogP contribution in [0, 0.1) is 22.9 Å². The van der Waals surface area contributed by atoms with E-state index in [9.17, 15) is 17.8 Å². The highest BCUT2D eigenvalue weighted by Crippen LogP contribution is 2.43. The number of halogens is 3. The molecule has 3 rings (SSSR count). The molecule has 0 saturated carbocycles. The van der Waals surface area contributed by atoms with Crippen LogP contribution in [0.3, 0.4) is 0 Å². The molecule has 32 heavy (non-hydrogen) atoms. The number of nitrogens with two attached hydrogens (primary N) is 1. The van der Waals surface area contributed by atoms with Crippen molar-refractivity contribution < 1.29 is 26.9 Å². The lowest BCUT2D eigenvalue weighted by Crippen LogP contribution is -2.44. The van der Waals surface area contributed by atoms with Crippen molar-refractivity contribution in [1.82, 2.24) is 4.31 Å². The lowest BCUT2D eigenvalue weighted by atomic mass is 9.79. The Kier molecular flexibility index (Phi) is 7.42. The summed E-state index contributed by atoms with van der Waals surface area (Å²) in [7, 11) is -1.33. The quantitative estimate of drug-likeness (QED) is 0.644. The van der Waals surface area contributed by atoms with Gasteiger partial charge in [-0.3, -0.25) is 4.79 Å². The van der Waals surface area contributed by atoms with Crippen LogP contribution in [0.1, 0.15) is 25.8 Å². The first kappa shape index (κ1) is 24.4. The standard InChI is InChI=1S/C23H27F3N2O3S/c1-14-11-23(2,13-31-12-21(27)29)20(28(14)32(3)30)9-15-5-4-6-19(22(15)26)16-7-17(24)10-18(25)8-16/h4-8,10,14,20H,9,11-13H2,1-3H3,(H2,27,29). The number of amides is 1. The van der Waals surface area contributed by atoms with Crippen LogP contribution in [0.15, 0.2) is 36.4 Å². The fraction of sp³-hybridized carbons (Fsp3) is 0.435. The van der Waals surface area contributed by atoms with Gasteiger partial charge in [0.25, 0.3) is 0 Å². The van der Waals surface area contributed by atoms with Crippen molar-refractivity contribution in [2.45, 2.75) is 38.8 Å². The zero-order valence-electron chi connectivity index (χ0n) is 18.2. The summed E-state index contributed by atoms with van der Waals surface area (Å²) in [4.78, 5) is 11.1. The summed E-state index contributed by atoms with van der Waals surface area (Å²) in [5, 5.41) is 0. The van der Waals surface area contributed by atoms with E-state index in [0.29, 0.717) is 12.0 Å². The highest BCUT2D eigenvalue weighted by molar-refractivity contribution is 7.81. The first-order valence-corrected chi connectivity index (χ1v) is 11.7. The van der Waals surface area contributed by atoms with Gasteiger partial charge in [0.2, 0.25) is 5.91 Å². The second kappa shape index (κ2) is 9.72. The summed E-state index contributed by atoms with van der Waals surface area (Å²) in [6, 6.07) is 7.19. The summed E-state index contributed by atoms with van der Waals surface area (Å²) >= 11 is 0. The molecular weight excluding hydrogens is 441 g/mol. The molecule has 5 nitrogen and oxygen atoms in total. The summed E-state index contributed by atoms with van der Waals surface area (Å²) in [6.45, 7) is 3.84. The molecule has 1 saturated heterocycles. The van der Waals surface area contributed by atoms with Gasteiger partial charge in [0.15, 0.2) is 0 Å². The lowest BCUT2D eigenvalue weighted by molar-refractivity contribution is -0.123. The van der Waals surface area contributed by atoms with Crippen LogP contribution in [0.4, 0.5) is 13.2 Å². The molecule has 1 heterocycles. The number of rotatable bonds is 8. The molecule has 0 aliphatic carbocycles. The molecule has 4 unspecified atom stereocenters. The maximum Gasteiger partial charge on any atom is 0.243 e. The number of hydrogen-bond acceptors (Lipinski definition) is 3. The monoisotopic (exact) mass is 468 g/mol. The zero-order chi connectivity index (χ0) is 23.6. The topological polar surface area (TPSA) is 72.6 Å². The van der Waals surface area contributed by atoms with E-state index in [1.165, 1.54) is 6.07 Å². The minimum atomic E-state index is -1.33. The summed E-state index contributed by atoms with van der Waals surface area (Å²) < 4.78 is 62.7. The van der Waals surface area contributed by atoms with E-state index in [1.807, 2.05) is 18.2 Å². The van der Waals surface area contributed by atoms with E-state index in [1.54, 1.807) is 18.4 Å². The number of ether oxygens (including phenoxy) is 1. The third-order valence-electron chi connectivity index (χ3n) is 5.95. The smallest absolute Gasteiger partial charge is 0.243 e. The first-order valence-electron chi connectivity index (χ1n) is 10.2. The van der Waals surface area contributed by atoms with Crippen LogP contribution in [0.5, 0.6) is 0 Å². The van der Waals surface area contributed by atoms with Gasteiger partial charge in [0.1, 0.15) is 24.1 Å². The van der Waals surface area contributed by atoms with Gasteiger partial charge in [-0.1, -0.05) is 25.1 Å². The predicted octanol–water partition coefficient (Wildman–Crippen LogP) is 3.58. The molecule has 1 aliphatic heterocycles. The fourth-order valence-electron chi connectivity index (χ4n) is 4.70. The first-order chi connectivity index (χ1) is 15.0. The van der Waals surface area contributed by atoms with E-state index in [-0.39, 0.29) is 42.8 Å². The second-order valence-corrected chi connectivity index (χ2v) is 9.88. The van der Waals surface area contributed by atoms with Crippen molar-refractivity contribution in [3.8, 4) is 11.1 Å². The van der Waals surface area contributed by atoms with Gasteiger partial charge in [-0.25, -0.2) is 21.7 Å². The van der Waals surface area contributed by atoms with E-state index >= 15 is 4.39 Å². The van der Waals surface area contributed by atoms with Gasteiger partial charge in [-0.2, -0.15) is 0 Å². The highest BCUT2D eigenvalue weighted by atomic mass is 32.2. The third kappa shape index (κ3) is 5.22. The average molecular weight is 469 g/mol. The normalized spacial score (nSPS) is 24.6. The zero-order valence-corrected chi connectivity index (χ0v) is 19.1. The third-order valence-corrected chi connectivity index (χ3v) is 7.15. The van der Waals surface area contributed by atoms with Gasteiger partial charge < -0.3 is 10.5 Å². The molecule has 2 aromatic rings. The molecule has 0 spiro atoms. The summed E-state index contributed by atoms with van der Waals surface area (Å²) in [6.07, 6.45) is 2.41. The van der Waals surface area contributed by atoms with Gasteiger partial charge >= 0.3 is 0 Å². The second-order valence-electron chi connectivity index (χ2n) is 8.61. The molecule has 0 bridgehead atoms. The SMILES string of the molecule is CC1CC(C)(COCC(N)=O)C(Cc2cccc(-c3cc(F)cc(F)c3)c2F)N1S(C)=O. The molecule has 2 N–H and O–H groups in total. The average Bonchev–Trinajstić information content (AvgIpc) is 2.92. The predicted molar refractivity (Wildman–Crippen MR) is 117 cm³/mol. The lowest BCUT2D eigenvalue weighted by Gasteiger charge is -2.34. The summed E-state index contributed by atoms with van der Waals surface area (Å²) in [5.74, 6) is -2.75. The molecule has 1 fully saturated rings. The summed E-state index contributed by atoms with van der Waals surface area (Å²) in [5.41, 5.74) is 5.17. The molecular formula is C23H27F3N2O3S. The van der Waals surface area contributed by atoms with Crippen LogP contribution < -0.4 is 5.73 Å². The van der Waals surface area contributed by atoms with Crippen LogP contribution in [0.2, 0.25) is 0 Å². The van der Waals surface area contributed by atoms with Gasteiger partial charge in [0, 0.05) is 35.4 Å². The number of carbonyl (C=O) groups is 1. The van der Waals surface area contributed by atoms with E-state index in [2.05, 4.69) is 0 Å². The Balaban J connectivity index is 1.96. The van der Waals surface area contributed by atoms with E-state index in [4.69, 9.17) is 10.5 Å². The molecule has 2 aromatic carbocycles. The minimum absolute atomic E-state index is 0.0587. The van der Waals surface area contributed by atoms with Gasteiger partial charge in [0.05, 0.1) is 17.6 Å². The molecule has 4 atom stereocenters. The minimum Gasteiger partial charge on any atom is -0.371 e. The Morgan fingerprint density at radius 1 is 1.25 bits per heavy atom. The van der Waals surface area contributed by atoms with Crippen LogP contribution in [-0.2, 0) is 26.9 Å². The number of carbonyl (C=O) groups excluding carboxylic acids is 1. The van der Waals surface area contributed by atoms with E-state index < -0.39 is 39.8 Å². The number of nitrogens with zero attached hydrogens (tertiary/aromatic N) is 1. The molecule has 0 aromatic heterocycles. The van der Waals surface area contributed by atoms with Crippen molar-refractivity contribution in [2.75, 3.05) is 19.5 Å². The Morgan fingerprint density at radius 2 is 1.91 bits per heavy atom. The molecule has 9 heteroatoms. The molecule has 1 aliphatic rings. The Bertz CT molecular complexity index is 1020. The molecule has 174 valence electrons. The Morgan fingerprint density at radius 3 is 2.50 bits per heavy atom. The Labute approximate surface area is 188 Å². The van der Waals surface area contributed by atoms with E-state index in [0.717, 1.165) is 18.2 Å². The number of hydrogen-bond donors (Lipinski definition) is 1. The number of primary amides is 1. The van der Waals surface area contributed by atoms with Crippen LogP contribution >= 0.6 is 0 Å². The van der Waals surface area contributed by atoms with Crippen molar-refractivity contribution in [2.24, 2.45) is 11.1 Å². The molecule has 0 radical (unpaired) electrons. The fourth-order valence-corrected chi connectivity index (χ4v) is 5.97. The van der Waals surface area contributed by atoms with Crippen LogP contribution in [0.25, 0.3) is 11.1 Å². The van der Waals surface area contributed by atoms with Gasteiger partial charge in [-0.05, 0) is 43.0 Å². The van der Waals surface area contributed by atoms with Crippen molar-refractivity contribution in [3.63, 3.8) is 0 Å². The molecule has 1 amide bonds. The van der Waals surface area contributed by atoms with Crippen molar-refractivity contribution in [1.29, 1.82) is 0 Å². The van der Waals surface area contributed by atoms with Crippen molar-refractivity contribution in [3.05, 3.63) is 59.4 Å². The van der Waals surface area contributed by atoms with Gasteiger partial charge in [-0.15, -0.1) is 0 Å². The number of benzene rings is 2.